The Labute approximate surface area is 239 Å². The molecule has 0 spiro atoms. The summed E-state index contributed by atoms with van der Waals surface area (Å²) in [6.45, 7) is 4.14. The number of pyridine rings is 1. The van der Waals surface area contributed by atoms with E-state index >= 15 is 0 Å². The van der Waals surface area contributed by atoms with Gasteiger partial charge in [-0.2, -0.15) is 0 Å². The van der Waals surface area contributed by atoms with Gasteiger partial charge in [-0.05, 0) is 80.7 Å². The average molecular weight is 569 g/mol. The molecule has 6 rings (SSSR count). The number of aryl methyl sites for hydroxylation is 1. The Hall–Kier alpha value is -4.55. The molecule has 12 heteroatoms. The normalized spacial score (nSPS) is 16.8. The second-order valence-electron chi connectivity index (χ2n) is 9.32. The molecule has 200 valence electrons. The van der Waals surface area contributed by atoms with Crippen LogP contribution >= 0.6 is 24.0 Å². The van der Waals surface area contributed by atoms with Gasteiger partial charge >= 0.3 is 0 Å². The minimum atomic E-state index is -0.394. The number of benzene rings is 2. The molecule has 2 aromatic carbocycles. The molecule has 1 N–H and O–H groups in total. The zero-order valence-corrected chi connectivity index (χ0v) is 23.2. The fourth-order valence-corrected chi connectivity index (χ4v) is 6.29. The number of thiocarbonyl (C=S) groups is 1. The third-order valence-electron chi connectivity index (χ3n) is 6.89. The van der Waals surface area contributed by atoms with Gasteiger partial charge in [-0.3, -0.25) is 19.8 Å². The number of nitro benzene ring substituents is 1. The monoisotopic (exact) mass is 568 g/mol. The van der Waals surface area contributed by atoms with E-state index in [2.05, 4.69) is 62.1 Å². The Morgan fingerprint density at radius 3 is 2.27 bits per heavy atom. The van der Waals surface area contributed by atoms with Gasteiger partial charge in [-0.15, -0.1) is 10.2 Å². The van der Waals surface area contributed by atoms with Crippen molar-refractivity contribution >= 4 is 40.5 Å². The van der Waals surface area contributed by atoms with Crippen LogP contribution in [0, 0.1) is 24.0 Å². The van der Waals surface area contributed by atoms with E-state index in [1.165, 1.54) is 12.1 Å². The maximum absolute atomic E-state index is 11.0. The number of nitro groups is 1. The number of non-ortho nitro benzene ring substituents is 1. The lowest BCUT2D eigenvalue weighted by atomic mass is 9.96. The predicted octanol–water partition coefficient (Wildman–Crippen LogP) is 5.64. The maximum Gasteiger partial charge on any atom is 0.269 e. The van der Waals surface area contributed by atoms with Crippen LogP contribution in [-0.4, -0.2) is 34.6 Å². The van der Waals surface area contributed by atoms with Gasteiger partial charge in [-0.25, -0.2) is 4.68 Å². The lowest BCUT2D eigenvalue weighted by Gasteiger charge is -2.28. The van der Waals surface area contributed by atoms with Gasteiger partial charge in [0.1, 0.15) is 12.7 Å². The number of hydrogen-bond donors (Lipinski definition) is 1. The lowest BCUT2D eigenvalue weighted by Crippen LogP contribution is -2.29. The summed E-state index contributed by atoms with van der Waals surface area (Å²) in [6.07, 6.45) is 5.15. The minimum absolute atomic E-state index is 0.0758. The molecule has 40 heavy (non-hydrogen) atoms. The second kappa shape index (κ2) is 10.5. The number of rotatable bonds is 7. The van der Waals surface area contributed by atoms with Crippen LogP contribution < -0.4 is 10.2 Å². The number of hydrogen-bond acceptors (Lipinski definition) is 7. The number of nitrogens with zero attached hydrogens (tertiary/aromatic N) is 7. The quantitative estimate of drug-likeness (QED) is 0.152. The lowest BCUT2D eigenvalue weighted by molar-refractivity contribution is -0.384. The molecule has 2 unspecified atom stereocenters. The van der Waals surface area contributed by atoms with Crippen molar-refractivity contribution in [1.29, 1.82) is 0 Å². The van der Waals surface area contributed by atoms with E-state index < -0.39 is 4.92 Å². The Bertz CT molecular complexity index is 1670. The molecule has 0 bridgehead atoms. The van der Waals surface area contributed by atoms with Crippen LogP contribution in [0.1, 0.15) is 34.7 Å². The van der Waals surface area contributed by atoms with Crippen LogP contribution in [0.5, 0.6) is 0 Å². The summed E-state index contributed by atoms with van der Waals surface area (Å²) in [4.78, 5) is 19.3. The molecule has 1 saturated heterocycles. The molecule has 0 aliphatic carbocycles. The first-order chi connectivity index (χ1) is 19.4. The van der Waals surface area contributed by atoms with Gasteiger partial charge in [0.25, 0.3) is 5.69 Å². The molecular formula is C28H24N8O2S2. The molecule has 1 fully saturated rings. The third kappa shape index (κ3) is 4.71. The number of anilines is 1. The molecule has 3 aromatic heterocycles. The summed E-state index contributed by atoms with van der Waals surface area (Å²) in [5.74, 6) is 0. The van der Waals surface area contributed by atoms with Crippen molar-refractivity contribution < 1.29 is 4.92 Å². The van der Waals surface area contributed by atoms with Crippen molar-refractivity contribution in [1.82, 2.24) is 29.9 Å². The van der Waals surface area contributed by atoms with Gasteiger partial charge in [0.05, 0.1) is 22.7 Å². The fraction of sp³-hybridized carbons (Fsp3) is 0.143. The van der Waals surface area contributed by atoms with Gasteiger partial charge in [0.2, 0.25) is 0 Å². The topological polar surface area (TPSA) is 107 Å². The maximum atomic E-state index is 11.0. The first-order valence-electron chi connectivity index (χ1n) is 12.5. The van der Waals surface area contributed by atoms with E-state index in [1.807, 2.05) is 35.0 Å². The van der Waals surface area contributed by atoms with Crippen LogP contribution in [0.25, 0.3) is 0 Å². The zero-order valence-electron chi connectivity index (χ0n) is 21.6. The molecular weight excluding hydrogens is 544 g/mol. The van der Waals surface area contributed by atoms with E-state index in [1.54, 1.807) is 42.7 Å². The molecule has 10 nitrogen and oxygen atoms in total. The van der Waals surface area contributed by atoms with E-state index in [9.17, 15) is 10.1 Å². The molecule has 0 amide bonds. The van der Waals surface area contributed by atoms with Crippen molar-refractivity contribution in [2.75, 3.05) is 4.90 Å². The van der Waals surface area contributed by atoms with Crippen molar-refractivity contribution in [2.24, 2.45) is 0 Å². The third-order valence-corrected chi connectivity index (χ3v) is 8.22. The molecule has 2 atom stereocenters. The van der Waals surface area contributed by atoms with E-state index in [4.69, 9.17) is 12.2 Å². The van der Waals surface area contributed by atoms with Crippen LogP contribution in [-0.2, 0) is 0 Å². The molecule has 4 heterocycles. The smallest absolute Gasteiger partial charge is 0.269 e. The van der Waals surface area contributed by atoms with Gasteiger partial charge in [0.15, 0.2) is 5.11 Å². The molecule has 0 radical (unpaired) electrons. The molecule has 1 aliphatic rings. The van der Waals surface area contributed by atoms with Crippen LogP contribution in [0.15, 0.2) is 101 Å². The minimum Gasteiger partial charge on any atom is -0.351 e. The van der Waals surface area contributed by atoms with Crippen LogP contribution in [0.3, 0.4) is 0 Å². The van der Waals surface area contributed by atoms with Crippen LogP contribution in [0.2, 0.25) is 0 Å². The predicted molar refractivity (Wildman–Crippen MR) is 156 cm³/mol. The SMILES string of the molecule is Cc1cc(C2C(c3ccccn3)NC(=S)N2c2ccc(Sc3ccc([N+](=O)[O-])cc3)cc2)c(C)n1-n1cnnc1. The fourth-order valence-electron chi connectivity index (χ4n) is 5.13. The Morgan fingerprint density at radius 2 is 1.65 bits per heavy atom. The number of aromatic nitrogens is 5. The second-order valence-corrected chi connectivity index (χ2v) is 10.9. The number of nitrogens with one attached hydrogen (secondary N) is 1. The molecule has 5 aromatic rings. The van der Waals surface area contributed by atoms with Crippen molar-refractivity contribution in [3.8, 4) is 0 Å². The molecule has 1 aliphatic heterocycles. The Balaban J connectivity index is 1.36. The van der Waals surface area contributed by atoms with Crippen molar-refractivity contribution in [3.63, 3.8) is 0 Å². The van der Waals surface area contributed by atoms with E-state index in [0.29, 0.717) is 5.11 Å². The van der Waals surface area contributed by atoms with E-state index in [-0.39, 0.29) is 17.8 Å². The summed E-state index contributed by atoms with van der Waals surface area (Å²) >= 11 is 7.45. The standard InChI is InChI=1S/C28H24N8O2S2/c1-18-15-24(19(2)35(18)33-16-30-31-17-33)27-26(25-5-3-4-14-29-25)32-28(39)34(27)20-6-10-22(11-7-20)40-23-12-8-21(9-13-23)36(37)38/h3-17,26-27H,1-2H3,(H,32,39). The highest BCUT2D eigenvalue weighted by atomic mass is 32.2. The Morgan fingerprint density at radius 1 is 0.975 bits per heavy atom. The highest BCUT2D eigenvalue weighted by molar-refractivity contribution is 7.99. The zero-order chi connectivity index (χ0) is 27.8. The molecule has 0 saturated carbocycles. The first-order valence-corrected chi connectivity index (χ1v) is 13.7. The summed E-state index contributed by atoms with van der Waals surface area (Å²) in [7, 11) is 0. The average Bonchev–Trinajstić information content (AvgIpc) is 3.67. The van der Waals surface area contributed by atoms with Gasteiger partial charge in [0, 0.05) is 50.8 Å². The Kier molecular flexibility index (Phi) is 6.78. The van der Waals surface area contributed by atoms with Crippen molar-refractivity contribution in [3.05, 3.63) is 124 Å². The highest BCUT2D eigenvalue weighted by Gasteiger charge is 2.42. The first kappa shape index (κ1) is 25.7. The summed E-state index contributed by atoms with van der Waals surface area (Å²) in [5, 5.41) is 23.1. The highest BCUT2D eigenvalue weighted by Crippen LogP contribution is 2.43. The summed E-state index contributed by atoms with van der Waals surface area (Å²) in [6, 6.07) is 22.5. The largest absolute Gasteiger partial charge is 0.351 e. The van der Waals surface area contributed by atoms with Gasteiger partial charge in [-0.1, -0.05) is 17.8 Å². The summed E-state index contributed by atoms with van der Waals surface area (Å²) in [5.41, 5.74) is 5.12. The van der Waals surface area contributed by atoms with Crippen molar-refractivity contribution in [2.45, 2.75) is 35.7 Å². The summed E-state index contributed by atoms with van der Waals surface area (Å²) < 4.78 is 3.94. The van der Waals surface area contributed by atoms with Gasteiger partial charge < -0.3 is 10.2 Å². The van der Waals surface area contributed by atoms with Crippen LogP contribution in [0.4, 0.5) is 11.4 Å². The van der Waals surface area contributed by atoms with E-state index in [0.717, 1.165) is 38.1 Å².